The summed E-state index contributed by atoms with van der Waals surface area (Å²) in [6.45, 7) is 1.54. The van der Waals surface area contributed by atoms with E-state index < -0.39 is 0 Å². The van der Waals surface area contributed by atoms with Crippen molar-refractivity contribution in [3.63, 3.8) is 0 Å². The number of fused-ring (bicyclic) bond motifs is 1. The number of rotatable bonds is 2. The lowest BCUT2D eigenvalue weighted by atomic mass is 10.0. The number of pyridine rings is 1. The number of halogens is 1. The Kier molecular flexibility index (Phi) is 2.87. The van der Waals surface area contributed by atoms with Gasteiger partial charge in [0.25, 0.3) is 0 Å². The molecule has 4 heteroatoms. The summed E-state index contributed by atoms with van der Waals surface area (Å²) >= 11 is 1.38. The highest BCUT2D eigenvalue weighted by molar-refractivity contribution is 7.21. The Morgan fingerprint density at radius 3 is 2.63 bits per heavy atom. The summed E-state index contributed by atoms with van der Waals surface area (Å²) in [6.07, 6.45) is 1.71. The summed E-state index contributed by atoms with van der Waals surface area (Å²) in [7, 11) is 0. The van der Waals surface area contributed by atoms with Crippen LogP contribution in [0.2, 0.25) is 0 Å². The molecule has 0 fully saturated rings. The van der Waals surface area contributed by atoms with Gasteiger partial charge in [-0.3, -0.25) is 4.79 Å². The average Bonchev–Trinajstić information content (AvgIpc) is 2.79. The van der Waals surface area contributed by atoms with Gasteiger partial charge in [0.2, 0.25) is 0 Å². The molecule has 0 aliphatic carbocycles. The van der Waals surface area contributed by atoms with Crippen LogP contribution < -0.4 is 0 Å². The molecule has 0 saturated heterocycles. The van der Waals surface area contributed by atoms with E-state index in [0.717, 1.165) is 21.3 Å². The quantitative estimate of drug-likeness (QED) is 0.650. The van der Waals surface area contributed by atoms with Gasteiger partial charge in [-0.25, -0.2) is 9.37 Å². The van der Waals surface area contributed by atoms with Gasteiger partial charge >= 0.3 is 0 Å². The van der Waals surface area contributed by atoms with E-state index in [1.165, 1.54) is 30.4 Å². The molecule has 0 N–H and O–H groups in total. The first-order valence-corrected chi connectivity index (χ1v) is 6.63. The van der Waals surface area contributed by atoms with E-state index in [1.807, 2.05) is 12.1 Å². The van der Waals surface area contributed by atoms with Gasteiger partial charge in [0.05, 0.1) is 4.88 Å². The predicted octanol–water partition coefficient (Wildman–Crippen LogP) is 4.31. The van der Waals surface area contributed by atoms with Gasteiger partial charge in [-0.2, -0.15) is 0 Å². The van der Waals surface area contributed by atoms with Gasteiger partial charge in [-0.05, 0) is 36.8 Å². The van der Waals surface area contributed by atoms with Crippen LogP contribution in [0.4, 0.5) is 4.39 Å². The van der Waals surface area contributed by atoms with E-state index in [0.29, 0.717) is 4.88 Å². The third-order valence-electron chi connectivity index (χ3n) is 2.92. The Morgan fingerprint density at radius 1 is 1.21 bits per heavy atom. The third-order valence-corrected chi connectivity index (χ3v) is 4.13. The number of aromatic nitrogens is 1. The number of hydrogen-bond donors (Lipinski definition) is 0. The normalized spacial score (nSPS) is 10.8. The third kappa shape index (κ3) is 2.04. The highest BCUT2D eigenvalue weighted by Crippen LogP contribution is 2.37. The summed E-state index contributed by atoms with van der Waals surface area (Å²) in [5.41, 5.74) is 1.69. The van der Waals surface area contributed by atoms with Crippen LogP contribution in [0.3, 0.4) is 0 Å². The molecule has 0 atom stereocenters. The molecule has 2 heterocycles. The number of ketones is 1. The van der Waals surface area contributed by atoms with Gasteiger partial charge in [-0.1, -0.05) is 12.1 Å². The summed E-state index contributed by atoms with van der Waals surface area (Å²) in [6, 6.07) is 9.96. The maximum Gasteiger partial charge on any atom is 0.170 e. The lowest BCUT2D eigenvalue weighted by Gasteiger charge is -2.02. The molecule has 0 saturated carbocycles. The zero-order valence-electron chi connectivity index (χ0n) is 10.2. The average molecular weight is 271 g/mol. The van der Waals surface area contributed by atoms with Crippen molar-refractivity contribution in [2.45, 2.75) is 6.92 Å². The molecule has 0 amide bonds. The van der Waals surface area contributed by atoms with Crippen LogP contribution in [0.15, 0.2) is 42.6 Å². The van der Waals surface area contributed by atoms with Gasteiger partial charge in [0.15, 0.2) is 5.78 Å². The van der Waals surface area contributed by atoms with E-state index in [1.54, 1.807) is 18.3 Å². The largest absolute Gasteiger partial charge is 0.294 e. The first-order valence-electron chi connectivity index (χ1n) is 5.81. The van der Waals surface area contributed by atoms with E-state index in [-0.39, 0.29) is 11.6 Å². The standard InChI is InChI=1S/C15H10FNOS/c1-9(18)14-13(10-4-6-11(16)7-5-10)12-3-2-8-17-15(12)19-14/h2-8H,1H3. The summed E-state index contributed by atoms with van der Waals surface area (Å²) in [5.74, 6) is -0.284. The van der Waals surface area contributed by atoms with Crippen molar-refractivity contribution in [3.05, 3.63) is 53.3 Å². The van der Waals surface area contributed by atoms with Crippen LogP contribution >= 0.6 is 11.3 Å². The number of nitrogens with zero attached hydrogens (tertiary/aromatic N) is 1. The summed E-state index contributed by atoms with van der Waals surface area (Å²) in [4.78, 5) is 17.6. The smallest absolute Gasteiger partial charge is 0.170 e. The molecule has 1 aromatic carbocycles. The maximum atomic E-state index is 13.0. The van der Waals surface area contributed by atoms with Crippen molar-refractivity contribution < 1.29 is 9.18 Å². The number of thiophene rings is 1. The molecule has 0 spiro atoms. The van der Waals surface area contributed by atoms with E-state index in [9.17, 15) is 9.18 Å². The van der Waals surface area contributed by atoms with Crippen molar-refractivity contribution >= 4 is 27.3 Å². The number of benzene rings is 1. The molecule has 0 radical (unpaired) electrons. The monoisotopic (exact) mass is 271 g/mol. The molecular formula is C15H10FNOS. The zero-order valence-corrected chi connectivity index (χ0v) is 11.0. The molecule has 19 heavy (non-hydrogen) atoms. The summed E-state index contributed by atoms with van der Waals surface area (Å²) in [5, 5.41) is 0.935. The van der Waals surface area contributed by atoms with Crippen LogP contribution in [-0.2, 0) is 0 Å². The van der Waals surface area contributed by atoms with Crippen molar-refractivity contribution in [2.24, 2.45) is 0 Å². The van der Waals surface area contributed by atoms with Crippen LogP contribution in [0.25, 0.3) is 21.3 Å². The van der Waals surface area contributed by atoms with E-state index >= 15 is 0 Å². The molecule has 2 nitrogen and oxygen atoms in total. The molecule has 0 aliphatic heterocycles. The van der Waals surface area contributed by atoms with Gasteiger partial charge in [0, 0.05) is 17.1 Å². The van der Waals surface area contributed by atoms with E-state index in [2.05, 4.69) is 4.98 Å². The van der Waals surface area contributed by atoms with Crippen LogP contribution in [0.5, 0.6) is 0 Å². The molecule has 0 bridgehead atoms. The minimum absolute atomic E-state index is 0.00215. The minimum Gasteiger partial charge on any atom is -0.294 e. The second-order valence-electron chi connectivity index (χ2n) is 4.23. The molecule has 0 unspecified atom stereocenters. The van der Waals surface area contributed by atoms with Crippen molar-refractivity contribution in [3.8, 4) is 11.1 Å². The van der Waals surface area contributed by atoms with E-state index in [4.69, 9.17) is 0 Å². The summed E-state index contributed by atoms with van der Waals surface area (Å²) < 4.78 is 13.0. The van der Waals surface area contributed by atoms with Crippen LogP contribution in [0.1, 0.15) is 16.6 Å². The predicted molar refractivity (Wildman–Crippen MR) is 75.0 cm³/mol. The second-order valence-corrected chi connectivity index (χ2v) is 5.22. The van der Waals surface area contributed by atoms with Crippen LogP contribution in [0, 0.1) is 5.82 Å². The molecule has 3 rings (SSSR count). The Balaban J connectivity index is 2.34. The topological polar surface area (TPSA) is 30.0 Å². The molecular weight excluding hydrogens is 261 g/mol. The molecule has 94 valence electrons. The number of hydrogen-bond acceptors (Lipinski definition) is 3. The highest BCUT2D eigenvalue weighted by atomic mass is 32.1. The number of carbonyl (C=O) groups is 1. The number of carbonyl (C=O) groups excluding carboxylic acids is 1. The van der Waals surface area contributed by atoms with Gasteiger partial charge in [-0.15, -0.1) is 11.3 Å². The molecule has 3 aromatic rings. The maximum absolute atomic E-state index is 13.0. The number of Topliss-reactive ketones (excluding diaryl/α,β-unsaturated/α-hetero) is 1. The first-order chi connectivity index (χ1) is 9.16. The Hall–Kier alpha value is -2.07. The fourth-order valence-electron chi connectivity index (χ4n) is 2.08. The lowest BCUT2D eigenvalue weighted by molar-refractivity contribution is 0.102. The van der Waals surface area contributed by atoms with Crippen molar-refractivity contribution in [2.75, 3.05) is 0 Å². The van der Waals surface area contributed by atoms with Crippen molar-refractivity contribution in [1.82, 2.24) is 4.98 Å². The minimum atomic E-state index is -0.286. The van der Waals surface area contributed by atoms with Crippen LogP contribution in [-0.4, -0.2) is 10.8 Å². The SMILES string of the molecule is CC(=O)c1sc2ncccc2c1-c1ccc(F)cc1. The fourth-order valence-corrected chi connectivity index (χ4v) is 3.14. The Bertz CT molecular complexity index is 761. The Labute approximate surface area is 113 Å². The first kappa shape index (κ1) is 12.0. The fraction of sp³-hybridized carbons (Fsp3) is 0.0667. The molecule has 0 aliphatic rings. The lowest BCUT2D eigenvalue weighted by Crippen LogP contribution is -1.90. The van der Waals surface area contributed by atoms with Crippen molar-refractivity contribution in [1.29, 1.82) is 0 Å². The van der Waals surface area contributed by atoms with Gasteiger partial charge < -0.3 is 0 Å². The molecule has 2 aromatic heterocycles. The zero-order chi connectivity index (χ0) is 13.4. The highest BCUT2D eigenvalue weighted by Gasteiger charge is 2.17. The Morgan fingerprint density at radius 2 is 1.95 bits per heavy atom. The second kappa shape index (κ2) is 4.55. The van der Waals surface area contributed by atoms with Gasteiger partial charge in [0.1, 0.15) is 10.6 Å².